The van der Waals surface area contributed by atoms with E-state index < -0.39 is 0 Å². The van der Waals surface area contributed by atoms with E-state index in [1.807, 2.05) is 0 Å². The molecule has 3 N–H and O–H groups in total. The highest BCUT2D eigenvalue weighted by Crippen LogP contribution is 2.24. The average molecular weight is 235 g/mol. The van der Waals surface area contributed by atoms with Crippen LogP contribution in [0.2, 0.25) is 0 Å². The summed E-state index contributed by atoms with van der Waals surface area (Å²) in [4.78, 5) is 15.8. The lowest BCUT2D eigenvalue weighted by Crippen LogP contribution is -2.34. The summed E-state index contributed by atoms with van der Waals surface area (Å²) in [7, 11) is 0. The molecule has 0 radical (unpaired) electrons. The van der Waals surface area contributed by atoms with E-state index in [0.717, 1.165) is 0 Å². The number of pyridine rings is 1. The minimum atomic E-state index is -0.160. The maximum Gasteiger partial charge on any atom is 0.254 e. The third kappa shape index (κ3) is 3.73. The normalized spacial score (nSPS) is 13.2. The van der Waals surface area contributed by atoms with Gasteiger partial charge in [-0.05, 0) is 17.4 Å². The molecule has 94 valence electrons. The monoisotopic (exact) mass is 235 g/mol. The van der Waals surface area contributed by atoms with Gasteiger partial charge < -0.3 is 11.1 Å². The Balaban J connectivity index is 2.60. The molecule has 1 aromatic rings. The number of carbonyl (C=O) groups excluding carboxylic acids is 1. The van der Waals surface area contributed by atoms with E-state index in [1.54, 1.807) is 12.3 Å². The molecule has 4 nitrogen and oxygen atoms in total. The Kier molecular flexibility index (Phi) is 4.10. The van der Waals surface area contributed by atoms with Crippen molar-refractivity contribution >= 4 is 11.6 Å². The number of amides is 1. The standard InChI is InChI=1S/C13H21N3O/c1-9(13(2,3)4)7-16-12(17)10-8-15-6-5-11(10)14/h5-6,8-9H,7H2,1-4H3,(H2,14,15)(H,16,17). The summed E-state index contributed by atoms with van der Waals surface area (Å²) >= 11 is 0. The van der Waals surface area contributed by atoms with E-state index >= 15 is 0 Å². The van der Waals surface area contributed by atoms with Crippen molar-refractivity contribution in [3.63, 3.8) is 0 Å². The van der Waals surface area contributed by atoms with Gasteiger partial charge in [0.2, 0.25) is 0 Å². The van der Waals surface area contributed by atoms with Gasteiger partial charge in [0.25, 0.3) is 5.91 Å². The van der Waals surface area contributed by atoms with E-state index in [4.69, 9.17) is 5.73 Å². The van der Waals surface area contributed by atoms with Crippen molar-refractivity contribution in [2.24, 2.45) is 11.3 Å². The van der Waals surface area contributed by atoms with Crippen LogP contribution in [0.1, 0.15) is 38.1 Å². The fraction of sp³-hybridized carbons (Fsp3) is 0.538. The number of aromatic nitrogens is 1. The van der Waals surface area contributed by atoms with Crippen molar-refractivity contribution in [3.8, 4) is 0 Å². The number of hydrogen-bond donors (Lipinski definition) is 2. The first-order valence-electron chi connectivity index (χ1n) is 5.80. The lowest BCUT2D eigenvalue weighted by Gasteiger charge is -2.27. The van der Waals surface area contributed by atoms with E-state index in [2.05, 4.69) is 38.0 Å². The number of carbonyl (C=O) groups is 1. The highest BCUT2D eigenvalue weighted by Gasteiger charge is 2.20. The molecule has 4 heteroatoms. The Morgan fingerprint density at radius 1 is 1.53 bits per heavy atom. The van der Waals surface area contributed by atoms with Gasteiger partial charge in [0.1, 0.15) is 0 Å². The van der Waals surface area contributed by atoms with Crippen molar-refractivity contribution in [2.45, 2.75) is 27.7 Å². The maximum atomic E-state index is 11.9. The predicted molar refractivity (Wildman–Crippen MR) is 69.6 cm³/mol. The summed E-state index contributed by atoms with van der Waals surface area (Å²) in [5.41, 5.74) is 6.78. The maximum absolute atomic E-state index is 11.9. The van der Waals surface area contributed by atoms with Crippen molar-refractivity contribution in [3.05, 3.63) is 24.0 Å². The van der Waals surface area contributed by atoms with E-state index in [0.29, 0.717) is 23.7 Å². The first-order valence-corrected chi connectivity index (χ1v) is 5.80. The molecule has 1 atom stereocenters. The van der Waals surface area contributed by atoms with Gasteiger partial charge in [0.05, 0.1) is 5.56 Å². The van der Waals surface area contributed by atoms with Gasteiger partial charge in [-0.25, -0.2) is 0 Å². The molecule has 1 unspecified atom stereocenters. The topological polar surface area (TPSA) is 68.0 Å². The summed E-state index contributed by atoms with van der Waals surface area (Å²) in [6.07, 6.45) is 3.07. The molecular weight excluding hydrogens is 214 g/mol. The first kappa shape index (κ1) is 13.5. The first-order chi connectivity index (χ1) is 7.82. The summed E-state index contributed by atoms with van der Waals surface area (Å²) in [5.74, 6) is 0.232. The Bertz CT molecular complexity index is 396. The lowest BCUT2D eigenvalue weighted by molar-refractivity contribution is 0.0937. The number of nitrogens with zero attached hydrogens (tertiary/aromatic N) is 1. The predicted octanol–water partition coefficient (Wildman–Crippen LogP) is 2.08. The molecule has 0 aromatic carbocycles. The number of nitrogens with two attached hydrogens (primary N) is 1. The Morgan fingerprint density at radius 2 is 2.18 bits per heavy atom. The van der Waals surface area contributed by atoms with Gasteiger partial charge >= 0.3 is 0 Å². The van der Waals surface area contributed by atoms with Crippen LogP contribution in [0.4, 0.5) is 5.69 Å². The Labute approximate surface area is 103 Å². The second kappa shape index (κ2) is 5.17. The van der Waals surface area contributed by atoms with Gasteiger partial charge in [0, 0.05) is 24.6 Å². The second-order valence-corrected chi connectivity index (χ2v) is 5.44. The smallest absolute Gasteiger partial charge is 0.254 e. The number of nitrogens with one attached hydrogen (secondary N) is 1. The van der Waals surface area contributed by atoms with Crippen molar-refractivity contribution in [2.75, 3.05) is 12.3 Å². The summed E-state index contributed by atoms with van der Waals surface area (Å²) in [6.45, 7) is 9.22. The van der Waals surface area contributed by atoms with Crippen LogP contribution >= 0.6 is 0 Å². The molecule has 0 bridgehead atoms. The van der Waals surface area contributed by atoms with Gasteiger partial charge in [-0.2, -0.15) is 0 Å². The van der Waals surface area contributed by atoms with Crippen LogP contribution in [-0.2, 0) is 0 Å². The molecule has 0 aliphatic carbocycles. The zero-order valence-electron chi connectivity index (χ0n) is 10.9. The minimum absolute atomic E-state index is 0.160. The Hall–Kier alpha value is -1.58. The number of hydrogen-bond acceptors (Lipinski definition) is 3. The van der Waals surface area contributed by atoms with Gasteiger partial charge in [0.15, 0.2) is 0 Å². The number of nitrogen functional groups attached to an aromatic ring is 1. The van der Waals surface area contributed by atoms with Crippen molar-refractivity contribution in [1.29, 1.82) is 0 Å². The van der Waals surface area contributed by atoms with Gasteiger partial charge in [-0.3, -0.25) is 9.78 Å². The van der Waals surface area contributed by atoms with Crippen LogP contribution in [0, 0.1) is 11.3 Å². The molecule has 0 saturated carbocycles. The summed E-state index contributed by atoms with van der Waals surface area (Å²) in [6, 6.07) is 1.63. The van der Waals surface area contributed by atoms with Crippen LogP contribution in [0.3, 0.4) is 0 Å². The Morgan fingerprint density at radius 3 is 2.71 bits per heavy atom. The average Bonchev–Trinajstić information content (AvgIpc) is 2.24. The molecule has 1 rings (SSSR count). The fourth-order valence-corrected chi connectivity index (χ4v) is 1.24. The zero-order valence-corrected chi connectivity index (χ0v) is 10.9. The van der Waals surface area contributed by atoms with Crippen LogP contribution in [0.15, 0.2) is 18.5 Å². The molecule has 1 aromatic heterocycles. The molecule has 1 heterocycles. The molecule has 0 aliphatic rings. The number of anilines is 1. The largest absolute Gasteiger partial charge is 0.398 e. The summed E-state index contributed by atoms with van der Waals surface area (Å²) < 4.78 is 0. The van der Waals surface area contributed by atoms with Gasteiger partial charge in [-0.15, -0.1) is 0 Å². The van der Waals surface area contributed by atoms with Crippen molar-refractivity contribution in [1.82, 2.24) is 10.3 Å². The number of rotatable bonds is 3. The minimum Gasteiger partial charge on any atom is -0.398 e. The fourth-order valence-electron chi connectivity index (χ4n) is 1.24. The molecule has 0 aliphatic heterocycles. The molecule has 0 fully saturated rings. The third-order valence-corrected chi connectivity index (χ3v) is 3.15. The van der Waals surface area contributed by atoms with E-state index in [1.165, 1.54) is 6.20 Å². The van der Waals surface area contributed by atoms with Crippen LogP contribution < -0.4 is 11.1 Å². The molecular formula is C13H21N3O. The summed E-state index contributed by atoms with van der Waals surface area (Å²) in [5, 5.41) is 2.89. The van der Waals surface area contributed by atoms with Crippen LogP contribution in [0.25, 0.3) is 0 Å². The van der Waals surface area contributed by atoms with E-state index in [9.17, 15) is 4.79 Å². The van der Waals surface area contributed by atoms with E-state index in [-0.39, 0.29) is 11.3 Å². The zero-order chi connectivity index (χ0) is 13.1. The highest BCUT2D eigenvalue weighted by molar-refractivity contribution is 5.98. The second-order valence-electron chi connectivity index (χ2n) is 5.44. The molecule has 1 amide bonds. The lowest BCUT2D eigenvalue weighted by atomic mass is 9.82. The molecule has 17 heavy (non-hydrogen) atoms. The highest BCUT2D eigenvalue weighted by atomic mass is 16.1. The van der Waals surface area contributed by atoms with Crippen LogP contribution in [0.5, 0.6) is 0 Å². The SMILES string of the molecule is CC(CNC(=O)c1cnccc1N)C(C)(C)C. The van der Waals surface area contributed by atoms with Gasteiger partial charge in [-0.1, -0.05) is 27.7 Å². The quantitative estimate of drug-likeness (QED) is 0.842. The third-order valence-electron chi connectivity index (χ3n) is 3.15. The van der Waals surface area contributed by atoms with Crippen molar-refractivity contribution < 1.29 is 4.79 Å². The van der Waals surface area contributed by atoms with Crippen LogP contribution in [-0.4, -0.2) is 17.4 Å². The molecule has 0 spiro atoms. The molecule has 0 saturated heterocycles.